The summed E-state index contributed by atoms with van der Waals surface area (Å²) in [7, 11) is 0. The highest BCUT2D eigenvalue weighted by Crippen LogP contribution is 2.61. The van der Waals surface area contributed by atoms with Crippen LogP contribution in [-0.4, -0.2) is 25.0 Å². The Morgan fingerprint density at radius 1 is 1.09 bits per heavy atom. The minimum absolute atomic E-state index is 0.315. The molecule has 1 atom stereocenters. The van der Waals surface area contributed by atoms with Crippen LogP contribution in [0.1, 0.15) is 64.7 Å². The minimum atomic E-state index is 0.315. The Labute approximate surface area is 135 Å². The van der Waals surface area contributed by atoms with E-state index in [1.807, 2.05) is 0 Å². The van der Waals surface area contributed by atoms with Gasteiger partial charge in [0.2, 0.25) is 5.91 Å². The van der Waals surface area contributed by atoms with Gasteiger partial charge in [0.25, 0.3) is 0 Å². The number of hydrogen-bond acceptors (Lipinski definition) is 2. The number of carbonyl (C=O) groups is 1. The van der Waals surface area contributed by atoms with Gasteiger partial charge in [-0.15, -0.1) is 0 Å². The monoisotopic (exact) mass is 304 g/mol. The molecule has 5 fully saturated rings. The van der Waals surface area contributed by atoms with Crippen LogP contribution in [0.25, 0.3) is 0 Å². The van der Waals surface area contributed by atoms with E-state index in [9.17, 15) is 4.79 Å². The van der Waals surface area contributed by atoms with Crippen molar-refractivity contribution < 1.29 is 4.79 Å². The predicted molar refractivity (Wildman–Crippen MR) is 88.4 cm³/mol. The molecule has 22 heavy (non-hydrogen) atoms. The lowest BCUT2D eigenvalue weighted by Gasteiger charge is -2.59. The molecular formula is C19H32N2O. The second-order valence-electron chi connectivity index (χ2n) is 8.97. The van der Waals surface area contributed by atoms with Crippen molar-refractivity contribution in [3.63, 3.8) is 0 Å². The third-order valence-electron chi connectivity index (χ3n) is 7.31. The summed E-state index contributed by atoms with van der Waals surface area (Å²) in [5.74, 6) is 3.82. The first-order chi connectivity index (χ1) is 10.6. The van der Waals surface area contributed by atoms with Crippen LogP contribution in [-0.2, 0) is 4.79 Å². The second-order valence-corrected chi connectivity index (χ2v) is 8.97. The van der Waals surface area contributed by atoms with Gasteiger partial charge in [-0.05, 0) is 100 Å². The summed E-state index contributed by atoms with van der Waals surface area (Å²) in [6.45, 7) is 4.47. The summed E-state index contributed by atoms with van der Waals surface area (Å²) in [4.78, 5) is 12.5. The summed E-state index contributed by atoms with van der Waals surface area (Å²) in [5, 5.41) is 6.81. The average molecular weight is 304 g/mol. The first-order valence-corrected chi connectivity index (χ1v) is 9.63. The van der Waals surface area contributed by atoms with Crippen molar-refractivity contribution in [1.29, 1.82) is 0 Å². The van der Waals surface area contributed by atoms with Crippen LogP contribution in [0.4, 0.5) is 0 Å². The molecule has 0 aromatic heterocycles. The molecular weight excluding hydrogens is 272 g/mol. The Morgan fingerprint density at radius 2 is 1.64 bits per heavy atom. The lowest BCUT2D eigenvalue weighted by atomic mass is 9.48. The van der Waals surface area contributed by atoms with Gasteiger partial charge in [-0.2, -0.15) is 0 Å². The standard InChI is InChI=1S/C19H32N2O/c1-13(21-18(22)9-14-2-4-20-5-3-14)19-10-15-6-16(11-19)8-17(7-15)12-19/h13-17,20H,2-12H2,1H3,(H,21,22). The van der Waals surface area contributed by atoms with Gasteiger partial charge in [0.05, 0.1) is 0 Å². The molecule has 2 N–H and O–H groups in total. The van der Waals surface area contributed by atoms with Crippen LogP contribution in [0.5, 0.6) is 0 Å². The van der Waals surface area contributed by atoms with E-state index >= 15 is 0 Å². The minimum Gasteiger partial charge on any atom is -0.353 e. The third kappa shape index (κ3) is 2.81. The first kappa shape index (κ1) is 15.0. The van der Waals surface area contributed by atoms with Crippen LogP contribution in [0.2, 0.25) is 0 Å². The van der Waals surface area contributed by atoms with Crippen molar-refractivity contribution in [3.05, 3.63) is 0 Å². The second kappa shape index (κ2) is 5.81. The Morgan fingerprint density at radius 3 is 2.18 bits per heavy atom. The molecule has 1 unspecified atom stereocenters. The lowest BCUT2D eigenvalue weighted by molar-refractivity contribution is -0.127. The van der Waals surface area contributed by atoms with Crippen LogP contribution in [0.15, 0.2) is 0 Å². The smallest absolute Gasteiger partial charge is 0.220 e. The Bertz CT molecular complexity index is 392. The Hall–Kier alpha value is -0.570. The largest absolute Gasteiger partial charge is 0.353 e. The Kier molecular flexibility index (Phi) is 3.96. The maximum atomic E-state index is 12.5. The fourth-order valence-corrected chi connectivity index (χ4v) is 6.51. The fourth-order valence-electron chi connectivity index (χ4n) is 6.51. The molecule has 0 radical (unpaired) electrons. The van der Waals surface area contributed by atoms with Crippen molar-refractivity contribution in [2.45, 2.75) is 70.8 Å². The highest BCUT2D eigenvalue weighted by molar-refractivity contribution is 5.76. The van der Waals surface area contributed by atoms with Crippen molar-refractivity contribution >= 4 is 5.91 Å². The van der Waals surface area contributed by atoms with Gasteiger partial charge >= 0.3 is 0 Å². The van der Waals surface area contributed by atoms with Gasteiger partial charge in [-0.25, -0.2) is 0 Å². The summed E-state index contributed by atoms with van der Waals surface area (Å²) in [6.07, 6.45) is 11.7. The van der Waals surface area contributed by atoms with E-state index < -0.39 is 0 Å². The summed E-state index contributed by atoms with van der Waals surface area (Å²) < 4.78 is 0. The molecule has 0 spiro atoms. The van der Waals surface area contributed by atoms with Crippen LogP contribution in [0, 0.1) is 29.1 Å². The first-order valence-electron chi connectivity index (χ1n) is 9.63. The third-order valence-corrected chi connectivity index (χ3v) is 7.31. The molecule has 124 valence electrons. The van der Waals surface area contributed by atoms with E-state index in [1.54, 1.807) is 0 Å². The number of hydrogen-bond donors (Lipinski definition) is 2. The van der Waals surface area contributed by atoms with Crippen molar-refractivity contribution in [2.75, 3.05) is 13.1 Å². The predicted octanol–water partition coefficient (Wildman–Crippen LogP) is 3.10. The SMILES string of the molecule is CC(NC(=O)CC1CCNCC1)C12CC3CC(CC(C3)C1)C2. The van der Waals surface area contributed by atoms with Gasteiger partial charge in [-0.3, -0.25) is 4.79 Å². The fraction of sp³-hybridized carbons (Fsp3) is 0.947. The van der Waals surface area contributed by atoms with Crippen molar-refractivity contribution in [1.82, 2.24) is 10.6 Å². The molecule has 0 aromatic rings. The Balaban J connectivity index is 1.35. The van der Waals surface area contributed by atoms with E-state index in [4.69, 9.17) is 0 Å². The molecule has 5 aliphatic rings. The number of nitrogens with one attached hydrogen (secondary N) is 2. The van der Waals surface area contributed by atoms with E-state index in [-0.39, 0.29) is 0 Å². The highest BCUT2D eigenvalue weighted by Gasteiger charge is 2.53. The zero-order valence-corrected chi connectivity index (χ0v) is 14.1. The van der Waals surface area contributed by atoms with Crippen LogP contribution < -0.4 is 10.6 Å². The van der Waals surface area contributed by atoms with Gasteiger partial charge in [0.1, 0.15) is 0 Å². The number of rotatable bonds is 4. The van der Waals surface area contributed by atoms with Gasteiger partial charge in [0, 0.05) is 12.5 Å². The normalized spacial score (nSPS) is 42.3. The molecule has 1 heterocycles. The summed E-state index contributed by atoms with van der Waals surface area (Å²) >= 11 is 0. The maximum absolute atomic E-state index is 12.5. The zero-order chi connectivity index (χ0) is 15.2. The van der Waals surface area contributed by atoms with E-state index in [0.717, 1.165) is 37.3 Å². The topological polar surface area (TPSA) is 41.1 Å². The van der Waals surface area contributed by atoms with Crippen LogP contribution in [0.3, 0.4) is 0 Å². The lowest BCUT2D eigenvalue weighted by Crippen LogP contribution is -2.56. The molecule has 1 saturated heterocycles. The number of piperidine rings is 1. The molecule has 3 heteroatoms. The van der Waals surface area contributed by atoms with Gasteiger partial charge in [-0.1, -0.05) is 0 Å². The zero-order valence-electron chi connectivity index (χ0n) is 14.1. The summed E-state index contributed by atoms with van der Waals surface area (Å²) in [6, 6.07) is 0.384. The van der Waals surface area contributed by atoms with Gasteiger partial charge < -0.3 is 10.6 Å². The molecule has 1 aliphatic heterocycles. The number of amides is 1. The summed E-state index contributed by atoms with van der Waals surface area (Å²) in [5.41, 5.74) is 0.443. The highest BCUT2D eigenvalue weighted by atomic mass is 16.1. The molecule has 3 nitrogen and oxygen atoms in total. The molecule has 0 aromatic carbocycles. The van der Waals surface area contributed by atoms with Gasteiger partial charge in [0.15, 0.2) is 0 Å². The number of carbonyl (C=O) groups excluding carboxylic acids is 1. The van der Waals surface area contributed by atoms with E-state index in [1.165, 1.54) is 51.4 Å². The molecule has 4 saturated carbocycles. The van der Waals surface area contributed by atoms with E-state index in [2.05, 4.69) is 17.6 Å². The van der Waals surface area contributed by atoms with E-state index in [0.29, 0.717) is 23.3 Å². The molecule has 1 amide bonds. The average Bonchev–Trinajstić information content (AvgIpc) is 2.46. The molecule has 5 rings (SSSR count). The molecule has 4 aliphatic carbocycles. The van der Waals surface area contributed by atoms with Crippen LogP contribution >= 0.6 is 0 Å². The van der Waals surface area contributed by atoms with Crippen molar-refractivity contribution in [2.24, 2.45) is 29.1 Å². The quantitative estimate of drug-likeness (QED) is 0.838. The van der Waals surface area contributed by atoms with Crippen molar-refractivity contribution in [3.8, 4) is 0 Å². The molecule has 4 bridgehead atoms. The maximum Gasteiger partial charge on any atom is 0.220 e.